The highest BCUT2D eigenvalue weighted by atomic mass is 35.5. The molecule has 0 aromatic heterocycles. The van der Waals surface area contributed by atoms with Gasteiger partial charge in [0.15, 0.2) is 0 Å². The molecule has 0 spiro atoms. The van der Waals surface area contributed by atoms with Gasteiger partial charge in [-0.3, -0.25) is 0 Å². The highest BCUT2D eigenvalue weighted by molar-refractivity contribution is 6.36. The molecule has 0 aliphatic rings. The molecule has 0 radical (unpaired) electrons. The second kappa shape index (κ2) is 3.65. The molecule has 0 saturated heterocycles. The van der Waals surface area contributed by atoms with Gasteiger partial charge < -0.3 is 10.3 Å². The molecule has 1 rings (SSSR count). The van der Waals surface area contributed by atoms with Crippen LogP contribution in [0.2, 0.25) is 10.0 Å². The lowest BCUT2D eigenvalue weighted by Gasteiger charge is -2.00. The van der Waals surface area contributed by atoms with E-state index in [4.69, 9.17) is 28.4 Å². The number of nitrogens with zero attached hydrogens (tertiary/aromatic N) is 1. The third kappa shape index (κ3) is 1.81. The lowest BCUT2D eigenvalue weighted by atomic mass is 10.2. The lowest BCUT2D eigenvalue weighted by Crippen LogP contribution is -1.83. The van der Waals surface area contributed by atoms with Crippen molar-refractivity contribution < 1.29 is 10.3 Å². The molecule has 64 valence electrons. The Hall–Kier alpha value is -0.930. The number of hydrogen-bond donors (Lipinski definition) is 2. The maximum Gasteiger partial charge on any atom is 0.143 e. The van der Waals surface area contributed by atoms with E-state index >= 15 is 0 Å². The predicted octanol–water partition coefficient (Wildman–Crippen LogP) is 2.51. The van der Waals surface area contributed by atoms with Crippen molar-refractivity contribution in [1.29, 1.82) is 0 Å². The molecule has 1 aromatic carbocycles. The van der Waals surface area contributed by atoms with Crippen molar-refractivity contribution in [1.82, 2.24) is 0 Å². The third-order valence-electron chi connectivity index (χ3n) is 1.25. The normalized spacial score (nSPS) is 10.8. The van der Waals surface area contributed by atoms with Gasteiger partial charge in [0.2, 0.25) is 0 Å². The van der Waals surface area contributed by atoms with Crippen LogP contribution >= 0.6 is 23.2 Å². The van der Waals surface area contributed by atoms with Crippen LogP contribution in [0.1, 0.15) is 5.56 Å². The van der Waals surface area contributed by atoms with E-state index in [0.717, 1.165) is 6.21 Å². The first-order valence-corrected chi connectivity index (χ1v) is 3.76. The van der Waals surface area contributed by atoms with Crippen LogP contribution in [-0.2, 0) is 0 Å². The van der Waals surface area contributed by atoms with Crippen LogP contribution in [0.25, 0.3) is 0 Å². The Morgan fingerprint density at radius 1 is 1.33 bits per heavy atom. The summed E-state index contributed by atoms with van der Waals surface area (Å²) in [7, 11) is 0. The van der Waals surface area contributed by atoms with E-state index < -0.39 is 0 Å². The van der Waals surface area contributed by atoms with Crippen molar-refractivity contribution >= 4 is 29.4 Å². The summed E-state index contributed by atoms with van der Waals surface area (Å²) in [4.78, 5) is 0. The van der Waals surface area contributed by atoms with Gasteiger partial charge in [0.05, 0.1) is 11.2 Å². The van der Waals surface area contributed by atoms with E-state index in [1.165, 1.54) is 12.1 Å². The Morgan fingerprint density at radius 3 is 2.58 bits per heavy atom. The van der Waals surface area contributed by atoms with Crippen LogP contribution in [0.3, 0.4) is 0 Å². The summed E-state index contributed by atoms with van der Waals surface area (Å²) >= 11 is 11.2. The van der Waals surface area contributed by atoms with Gasteiger partial charge in [0.1, 0.15) is 5.75 Å². The summed E-state index contributed by atoms with van der Waals surface area (Å²) in [6.45, 7) is 0. The predicted molar refractivity (Wildman–Crippen MR) is 47.5 cm³/mol. The molecule has 0 saturated carbocycles. The molecule has 0 aliphatic carbocycles. The van der Waals surface area contributed by atoms with Crippen LogP contribution < -0.4 is 0 Å². The maximum atomic E-state index is 9.26. The zero-order valence-electron chi connectivity index (χ0n) is 5.83. The minimum Gasteiger partial charge on any atom is -0.506 e. The van der Waals surface area contributed by atoms with Crippen LogP contribution in [0, 0.1) is 0 Å². The van der Waals surface area contributed by atoms with Crippen LogP contribution in [0.5, 0.6) is 5.75 Å². The molecule has 0 atom stereocenters. The van der Waals surface area contributed by atoms with Gasteiger partial charge in [0, 0.05) is 10.6 Å². The van der Waals surface area contributed by atoms with Gasteiger partial charge in [-0.15, -0.1) is 0 Å². The number of phenols is 1. The minimum atomic E-state index is -0.154. The second-order valence-corrected chi connectivity index (χ2v) is 2.91. The molecule has 0 bridgehead atoms. The molecule has 0 aliphatic heterocycles. The topological polar surface area (TPSA) is 52.8 Å². The Labute approximate surface area is 78.8 Å². The van der Waals surface area contributed by atoms with Crippen molar-refractivity contribution in [3.8, 4) is 5.75 Å². The van der Waals surface area contributed by atoms with E-state index in [0.29, 0.717) is 5.02 Å². The molecule has 0 fully saturated rings. The molecule has 0 unspecified atom stereocenters. The van der Waals surface area contributed by atoms with Gasteiger partial charge in [-0.1, -0.05) is 28.4 Å². The van der Waals surface area contributed by atoms with E-state index in [1.54, 1.807) is 0 Å². The zero-order chi connectivity index (χ0) is 9.14. The van der Waals surface area contributed by atoms with Gasteiger partial charge in [-0.2, -0.15) is 0 Å². The van der Waals surface area contributed by atoms with Gasteiger partial charge in [0.25, 0.3) is 0 Å². The third-order valence-corrected chi connectivity index (χ3v) is 1.76. The molecule has 5 heteroatoms. The second-order valence-electron chi connectivity index (χ2n) is 2.07. The molecule has 2 N–H and O–H groups in total. The summed E-state index contributed by atoms with van der Waals surface area (Å²) in [5, 5.41) is 20.7. The molecule has 0 amide bonds. The summed E-state index contributed by atoms with van der Waals surface area (Å²) in [5.74, 6) is -0.154. The molecular weight excluding hydrogens is 201 g/mol. The van der Waals surface area contributed by atoms with Gasteiger partial charge in [-0.25, -0.2) is 0 Å². The van der Waals surface area contributed by atoms with Crippen molar-refractivity contribution in [2.45, 2.75) is 0 Å². The highest BCUT2D eigenvalue weighted by Crippen LogP contribution is 2.29. The van der Waals surface area contributed by atoms with E-state index in [-0.39, 0.29) is 16.3 Å². The Morgan fingerprint density at radius 2 is 2.00 bits per heavy atom. The summed E-state index contributed by atoms with van der Waals surface area (Å²) in [6, 6.07) is 2.83. The summed E-state index contributed by atoms with van der Waals surface area (Å²) < 4.78 is 0. The van der Waals surface area contributed by atoms with Gasteiger partial charge in [-0.05, 0) is 12.1 Å². The fraction of sp³-hybridized carbons (Fsp3) is 0. The largest absolute Gasteiger partial charge is 0.506 e. The summed E-state index contributed by atoms with van der Waals surface area (Å²) in [5.41, 5.74) is 0.273. The Balaban J connectivity index is 3.27. The number of hydrogen-bond acceptors (Lipinski definition) is 3. The fourth-order valence-corrected chi connectivity index (χ4v) is 1.26. The average Bonchev–Trinajstić information content (AvgIpc) is 2.00. The monoisotopic (exact) mass is 205 g/mol. The van der Waals surface area contributed by atoms with E-state index in [9.17, 15) is 5.11 Å². The maximum absolute atomic E-state index is 9.26. The smallest absolute Gasteiger partial charge is 0.143 e. The zero-order valence-corrected chi connectivity index (χ0v) is 7.34. The molecule has 1 aromatic rings. The molecule has 3 nitrogen and oxygen atoms in total. The quantitative estimate of drug-likeness (QED) is 0.421. The Kier molecular flexibility index (Phi) is 2.78. The fourth-order valence-electron chi connectivity index (χ4n) is 0.746. The van der Waals surface area contributed by atoms with Crippen molar-refractivity contribution in [2.24, 2.45) is 5.16 Å². The SMILES string of the molecule is ON=Cc1cc(Cl)cc(Cl)c1O. The number of phenolic OH excluding ortho intramolecular Hbond substituents is 1. The van der Waals surface area contributed by atoms with Crippen LogP contribution in [0.4, 0.5) is 0 Å². The van der Waals surface area contributed by atoms with E-state index in [2.05, 4.69) is 5.16 Å². The Bertz CT molecular complexity index is 325. The molecular formula is C7H5Cl2NO2. The van der Waals surface area contributed by atoms with E-state index in [1.807, 2.05) is 0 Å². The average molecular weight is 206 g/mol. The first-order valence-electron chi connectivity index (χ1n) is 3.00. The van der Waals surface area contributed by atoms with Crippen molar-refractivity contribution in [3.63, 3.8) is 0 Å². The number of rotatable bonds is 1. The first-order chi connectivity index (χ1) is 5.65. The standard InChI is InChI=1S/C7H5Cl2NO2/c8-5-1-4(3-10-12)7(11)6(9)2-5/h1-3,11-12H. The van der Waals surface area contributed by atoms with Crippen molar-refractivity contribution in [3.05, 3.63) is 27.7 Å². The van der Waals surface area contributed by atoms with Crippen LogP contribution in [-0.4, -0.2) is 16.5 Å². The lowest BCUT2D eigenvalue weighted by molar-refractivity contribution is 0.321. The van der Waals surface area contributed by atoms with Crippen LogP contribution in [0.15, 0.2) is 17.3 Å². The summed E-state index contributed by atoms with van der Waals surface area (Å²) in [6.07, 6.45) is 1.05. The number of benzene rings is 1. The van der Waals surface area contributed by atoms with Gasteiger partial charge >= 0.3 is 0 Å². The minimum absolute atomic E-state index is 0.123. The molecule has 0 heterocycles. The first kappa shape index (κ1) is 9.16. The number of aromatic hydroxyl groups is 1. The molecule has 12 heavy (non-hydrogen) atoms. The number of oxime groups is 1. The number of halogens is 2. The highest BCUT2D eigenvalue weighted by Gasteiger charge is 2.05. The van der Waals surface area contributed by atoms with Crippen molar-refractivity contribution in [2.75, 3.05) is 0 Å².